The van der Waals surface area contributed by atoms with Crippen molar-refractivity contribution >= 4 is 5.69 Å². The SMILES string of the molecule is COc1cc(C)cc(N2[C@H](C)CNC[C@H]2C)c1. The van der Waals surface area contributed by atoms with E-state index in [9.17, 15) is 0 Å². The van der Waals surface area contributed by atoms with Crippen molar-refractivity contribution < 1.29 is 4.74 Å². The predicted octanol–water partition coefficient (Wildman–Crippen LogP) is 2.19. The number of methoxy groups -OCH3 is 1. The molecule has 17 heavy (non-hydrogen) atoms. The molecule has 1 aliphatic heterocycles. The van der Waals surface area contributed by atoms with Crippen LogP contribution in [0.2, 0.25) is 0 Å². The monoisotopic (exact) mass is 234 g/mol. The second kappa shape index (κ2) is 4.96. The van der Waals surface area contributed by atoms with Crippen molar-refractivity contribution in [3.8, 4) is 5.75 Å². The van der Waals surface area contributed by atoms with E-state index >= 15 is 0 Å². The van der Waals surface area contributed by atoms with E-state index in [0.717, 1.165) is 18.8 Å². The van der Waals surface area contributed by atoms with Gasteiger partial charge in [-0.15, -0.1) is 0 Å². The maximum Gasteiger partial charge on any atom is 0.121 e. The van der Waals surface area contributed by atoms with Crippen LogP contribution in [-0.4, -0.2) is 32.3 Å². The summed E-state index contributed by atoms with van der Waals surface area (Å²) in [6.07, 6.45) is 0. The van der Waals surface area contributed by atoms with Crippen LogP contribution < -0.4 is 15.0 Å². The number of nitrogens with one attached hydrogen (secondary N) is 1. The van der Waals surface area contributed by atoms with Crippen LogP contribution in [-0.2, 0) is 0 Å². The van der Waals surface area contributed by atoms with Gasteiger partial charge in [0, 0.05) is 36.9 Å². The Hall–Kier alpha value is -1.22. The van der Waals surface area contributed by atoms with Crippen LogP contribution in [0.5, 0.6) is 5.75 Å². The van der Waals surface area contributed by atoms with Crippen molar-refractivity contribution in [3.63, 3.8) is 0 Å². The molecule has 94 valence electrons. The van der Waals surface area contributed by atoms with Gasteiger partial charge in [-0.05, 0) is 38.5 Å². The number of hydrogen-bond acceptors (Lipinski definition) is 3. The molecule has 1 heterocycles. The number of hydrogen-bond donors (Lipinski definition) is 1. The summed E-state index contributed by atoms with van der Waals surface area (Å²) >= 11 is 0. The Bertz CT molecular complexity index is 382. The lowest BCUT2D eigenvalue weighted by Crippen LogP contribution is -2.55. The van der Waals surface area contributed by atoms with Gasteiger partial charge < -0.3 is 15.0 Å². The fraction of sp³-hybridized carbons (Fsp3) is 0.571. The Morgan fingerprint density at radius 3 is 2.41 bits per heavy atom. The molecule has 1 N–H and O–H groups in total. The van der Waals surface area contributed by atoms with Gasteiger partial charge in [0.1, 0.15) is 5.75 Å². The van der Waals surface area contributed by atoms with Crippen molar-refractivity contribution in [3.05, 3.63) is 23.8 Å². The van der Waals surface area contributed by atoms with Crippen LogP contribution in [0.25, 0.3) is 0 Å². The number of ether oxygens (including phenoxy) is 1. The number of benzene rings is 1. The summed E-state index contributed by atoms with van der Waals surface area (Å²) in [4.78, 5) is 2.48. The zero-order valence-electron chi connectivity index (χ0n) is 11.2. The molecule has 3 nitrogen and oxygen atoms in total. The highest BCUT2D eigenvalue weighted by atomic mass is 16.5. The highest BCUT2D eigenvalue weighted by molar-refractivity contribution is 5.55. The molecule has 0 unspecified atom stereocenters. The first-order valence-electron chi connectivity index (χ1n) is 6.26. The third kappa shape index (κ3) is 2.55. The molecule has 1 aromatic carbocycles. The molecule has 1 saturated heterocycles. The van der Waals surface area contributed by atoms with Crippen molar-refractivity contribution in [2.75, 3.05) is 25.1 Å². The molecule has 2 atom stereocenters. The van der Waals surface area contributed by atoms with Gasteiger partial charge in [-0.1, -0.05) is 0 Å². The summed E-state index contributed by atoms with van der Waals surface area (Å²) in [6.45, 7) is 8.72. The lowest BCUT2D eigenvalue weighted by atomic mass is 10.1. The quantitative estimate of drug-likeness (QED) is 0.849. The zero-order chi connectivity index (χ0) is 12.4. The first-order chi connectivity index (χ1) is 8.11. The average Bonchev–Trinajstić information content (AvgIpc) is 2.28. The zero-order valence-corrected chi connectivity index (χ0v) is 11.2. The van der Waals surface area contributed by atoms with E-state index in [4.69, 9.17) is 4.74 Å². The van der Waals surface area contributed by atoms with Crippen molar-refractivity contribution in [1.82, 2.24) is 5.32 Å². The Morgan fingerprint density at radius 1 is 1.18 bits per heavy atom. The topological polar surface area (TPSA) is 24.5 Å². The summed E-state index contributed by atoms with van der Waals surface area (Å²) in [5.41, 5.74) is 2.51. The summed E-state index contributed by atoms with van der Waals surface area (Å²) < 4.78 is 5.35. The third-order valence-corrected chi connectivity index (χ3v) is 3.40. The van der Waals surface area contributed by atoms with Gasteiger partial charge >= 0.3 is 0 Å². The van der Waals surface area contributed by atoms with Crippen LogP contribution in [0.4, 0.5) is 5.69 Å². The molecule has 2 rings (SSSR count). The molecule has 1 fully saturated rings. The first-order valence-corrected chi connectivity index (χ1v) is 6.26. The Labute approximate surface area is 104 Å². The number of rotatable bonds is 2. The number of nitrogens with zero attached hydrogens (tertiary/aromatic N) is 1. The van der Waals surface area contributed by atoms with Crippen LogP contribution in [0.15, 0.2) is 18.2 Å². The van der Waals surface area contributed by atoms with Gasteiger partial charge in [0.2, 0.25) is 0 Å². The van der Waals surface area contributed by atoms with Crippen molar-refractivity contribution in [2.45, 2.75) is 32.9 Å². The summed E-state index contributed by atoms with van der Waals surface area (Å²) in [7, 11) is 1.73. The minimum atomic E-state index is 0.519. The molecule has 0 aromatic heterocycles. The number of aryl methyl sites for hydroxylation is 1. The minimum Gasteiger partial charge on any atom is -0.497 e. The van der Waals surface area contributed by atoms with E-state index in [-0.39, 0.29) is 0 Å². The predicted molar refractivity (Wildman–Crippen MR) is 72.0 cm³/mol. The van der Waals surface area contributed by atoms with E-state index in [1.807, 2.05) is 0 Å². The molecular weight excluding hydrogens is 212 g/mol. The summed E-state index contributed by atoms with van der Waals surface area (Å²) in [5.74, 6) is 0.943. The minimum absolute atomic E-state index is 0.519. The van der Waals surface area contributed by atoms with Crippen LogP contribution >= 0.6 is 0 Å². The van der Waals surface area contributed by atoms with Crippen LogP contribution in [0, 0.1) is 6.92 Å². The maximum atomic E-state index is 5.35. The molecule has 0 amide bonds. The summed E-state index contributed by atoms with van der Waals surface area (Å²) in [5, 5.41) is 3.45. The molecule has 0 aliphatic carbocycles. The number of anilines is 1. The lowest BCUT2D eigenvalue weighted by molar-refractivity contribution is 0.411. The molecule has 1 aliphatic rings. The normalized spacial score (nSPS) is 24.8. The van der Waals surface area contributed by atoms with Gasteiger partial charge in [0.25, 0.3) is 0 Å². The Morgan fingerprint density at radius 2 is 1.82 bits per heavy atom. The molecule has 0 spiro atoms. The Kier molecular flexibility index (Phi) is 3.57. The standard InChI is InChI=1S/C14H22N2O/c1-10-5-13(7-14(6-10)17-4)16-11(2)8-15-9-12(16)3/h5-7,11-12,15H,8-9H2,1-4H3/t11-,12-/m1/s1. The third-order valence-electron chi connectivity index (χ3n) is 3.40. The molecule has 3 heteroatoms. The fourth-order valence-corrected chi connectivity index (χ4v) is 2.64. The second-order valence-electron chi connectivity index (χ2n) is 4.97. The largest absolute Gasteiger partial charge is 0.497 e. The molecule has 0 saturated carbocycles. The van der Waals surface area contributed by atoms with Gasteiger partial charge in [-0.25, -0.2) is 0 Å². The summed E-state index contributed by atoms with van der Waals surface area (Å²) in [6, 6.07) is 7.48. The van der Waals surface area contributed by atoms with E-state index in [0.29, 0.717) is 12.1 Å². The van der Waals surface area contributed by atoms with Crippen molar-refractivity contribution in [1.29, 1.82) is 0 Å². The van der Waals surface area contributed by atoms with Gasteiger partial charge in [0.15, 0.2) is 0 Å². The second-order valence-corrected chi connectivity index (χ2v) is 4.97. The molecule has 0 radical (unpaired) electrons. The van der Waals surface area contributed by atoms with E-state index in [2.05, 4.69) is 49.2 Å². The smallest absolute Gasteiger partial charge is 0.121 e. The molecule has 0 bridgehead atoms. The van der Waals surface area contributed by atoms with E-state index in [1.54, 1.807) is 7.11 Å². The fourth-order valence-electron chi connectivity index (χ4n) is 2.64. The number of piperazine rings is 1. The van der Waals surface area contributed by atoms with E-state index in [1.165, 1.54) is 11.3 Å². The highest BCUT2D eigenvalue weighted by Gasteiger charge is 2.24. The average molecular weight is 234 g/mol. The van der Waals surface area contributed by atoms with Gasteiger partial charge in [0.05, 0.1) is 7.11 Å². The van der Waals surface area contributed by atoms with Crippen LogP contribution in [0.3, 0.4) is 0 Å². The first kappa shape index (κ1) is 12.2. The molecular formula is C14H22N2O. The highest BCUT2D eigenvalue weighted by Crippen LogP contribution is 2.27. The van der Waals surface area contributed by atoms with Crippen molar-refractivity contribution in [2.24, 2.45) is 0 Å². The van der Waals surface area contributed by atoms with Gasteiger partial charge in [-0.2, -0.15) is 0 Å². The lowest BCUT2D eigenvalue weighted by Gasteiger charge is -2.41. The molecule has 1 aromatic rings. The Balaban J connectivity index is 2.34. The van der Waals surface area contributed by atoms with Gasteiger partial charge in [-0.3, -0.25) is 0 Å². The van der Waals surface area contributed by atoms with E-state index < -0.39 is 0 Å². The van der Waals surface area contributed by atoms with Crippen LogP contribution in [0.1, 0.15) is 19.4 Å². The maximum absolute atomic E-state index is 5.35.